The van der Waals surface area contributed by atoms with Gasteiger partial charge < -0.3 is 12.4 Å². The maximum atomic E-state index is 2.63. The SMILES string of the molecule is Pc1ccccc1.[Cl-].[Pd+2]. The zero-order valence-corrected chi connectivity index (χ0v) is 8.12. The minimum atomic E-state index is 0. The van der Waals surface area contributed by atoms with Gasteiger partial charge in [-0.25, -0.2) is 0 Å². The zero-order chi connectivity index (χ0) is 5.11. The van der Waals surface area contributed by atoms with Crippen molar-refractivity contribution in [3.05, 3.63) is 30.3 Å². The van der Waals surface area contributed by atoms with Crippen molar-refractivity contribution in [2.45, 2.75) is 0 Å². The van der Waals surface area contributed by atoms with E-state index in [1.807, 2.05) is 30.3 Å². The van der Waals surface area contributed by atoms with E-state index in [0.29, 0.717) is 0 Å². The van der Waals surface area contributed by atoms with Crippen LogP contribution in [0, 0.1) is 0 Å². The Balaban J connectivity index is 0. The van der Waals surface area contributed by atoms with E-state index in [-0.39, 0.29) is 32.8 Å². The molecule has 1 atom stereocenters. The van der Waals surface area contributed by atoms with Gasteiger partial charge in [-0.05, 0) is 5.30 Å². The van der Waals surface area contributed by atoms with Crippen molar-refractivity contribution in [3.8, 4) is 0 Å². The number of hydrogen-bond donors (Lipinski definition) is 0. The molecule has 0 fully saturated rings. The van der Waals surface area contributed by atoms with Crippen molar-refractivity contribution < 1.29 is 32.8 Å². The fraction of sp³-hybridized carbons (Fsp3) is 0. The van der Waals surface area contributed by atoms with Gasteiger partial charge >= 0.3 is 20.4 Å². The molecule has 0 nitrogen and oxygen atoms in total. The van der Waals surface area contributed by atoms with Gasteiger partial charge in [0, 0.05) is 0 Å². The van der Waals surface area contributed by atoms with Crippen molar-refractivity contribution in [3.63, 3.8) is 0 Å². The molecule has 0 saturated carbocycles. The predicted molar refractivity (Wildman–Crippen MR) is 35.8 cm³/mol. The summed E-state index contributed by atoms with van der Waals surface area (Å²) >= 11 is 0. The molecule has 0 aliphatic carbocycles. The van der Waals surface area contributed by atoms with Crippen molar-refractivity contribution in [1.29, 1.82) is 0 Å². The Kier molecular flexibility index (Phi) is 9.18. The van der Waals surface area contributed by atoms with Crippen molar-refractivity contribution in [2.24, 2.45) is 0 Å². The maximum Gasteiger partial charge on any atom is 2.00 e. The molecule has 0 radical (unpaired) electrons. The molecule has 0 aliphatic rings. The van der Waals surface area contributed by atoms with Gasteiger partial charge in [0.1, 0.15) is 0 Å². The Morgan fingerprint density at radius 1 is 1.00 bits per heavy atom. The molecule has 0 amide bonds. The van der Waals surface area contributed by atoms with E-state index in [4.69, 9.17) is 0 Å². The van der Waals surface area contributed by atoms with Gasteiger partial charge in [-0.3, -0.25) is 0 Å². The van der Waals surface area contributed by atoms with Crippen molar-refractivity contribution >= 4 is 14.5 Å². The molecule has 0 saturated heterocycles. The van der Waals surface area contributed by atoms with E-state index < -0.39 is 0 Å². The van der Waals surface area contributed by atoms with Crippen LogP contribution in [0.4, 0.5) is 0 Å². The molecule has 0 aliphatic heterocycles. The third-order valence-electron chi connectivity index (χ3n) is 0.800. The molecule has 9 heavy (non-hydrogen) atoms. The number of benzene rings is 1. The largest absolute Gasteiger partial charge is 2.00 e. The molecule has 1 unspecified atom stereocenters. The second-order valence-electron chi connectivity index (χ2n) is 1.41. The normalized spacial score (nSPS) is 6.78. The van der Waals surface area contributed by atoms with Gasteiger partial charge in [0.15, 0.2) is 0 Å². The quantitative estimate of drug-likeness (QED) is 0.377. The fourth-order valence-corrected chi connectivity index (χ4v) is 0.675. The summed E-state index contributed by atoms with van der Waals surface area (Å²) < 4.78 is 0. The van der Waals surface area contributed by atoms with Crippen LogP contribution in [-0.2, 0) is 20.4 Å². The molecule has 0 spiro atoms. The standard InChI is InChI=1S/C6H7P.ClH.Pd/c7-6-4-2-1-3-5-6;;/h1-5H,7H2;1H;/q;;+2/p-1. The Morgan fingerprint density at radius 2 is 1.44 bits per heavy atom. The first-order valence-corrected chi connectivity index (χ1v) is 2.78. The Hall–Kier alpha value is 0.602. The van der Waals surface area contributed by atoms with E-state index in [2.05, 4.69) is 9.24 Å². The molecule has 0 N–H and O–H groups in total. The number of rotatable bonds is 0. The van der Waals surface area contributed by atoms with Gasteiger partial charge in [0.25, 0.3) is 0 Å². The van der Waals surface area contributed by atoms with Crippen LogP contribution in [0.5, 0.6) is 0 Å². The average molecular weight is 252 g/mol. The Labute approximate surface area is 77.7 Å². The molecule has 1 aromatic rings. The summed E-state index contributed by atoms with van der Waals surface area (Å²) in [4.78, 5) is 0. The molecule has 52 valence electrons. The molecular weight excluding hydrogens is 245 g/mol. The Morgan fingerprint density at radius 3 is 1.67 bits per heavy atom. The number of hydrogen-bond acceptors (Lipinski definition) is 0. The van der Waals surface area contributed by atoms with Gasteiger partial charge in [0.2, 0.25) is 0 Å². The predicted octanol–water partition coefficient (Wildman–Crippen LogP) is -1.81. The molecular formula is C6H7ClPPd+. The van der Waals surface area contributed by atoms with Gasteiger partial charge in [-0.2, -0.15) is 0 Å². The summed E-state index contributed by atoms with van der Waals surface area (Å²) in [5.41, 5.74) is 0. The summed E-state index contributed by atoms with van der Waals surface area (Å²) in [5.74, 6) is 0. The van der Waals surface area contributed by atoms with E-state index in [0.717, 1.165) is 0 Å². The van der Waals surface area contributed by atoms with Crippen molar-refractivity contribution in [2.75, 3.05) is 0 Å². The summed E-state index contributed by atoms with van der Waals surface area (Å²) in [6.45, 7) is 0. The molecule has 1 aromatic carbocycles. The zero-order valence-electron chi connectivity index (χ0n) is 4.66. The Bertz CT molecular complexity index is 143. The van der Waals surface area contributed by atoms with Crippen molar-refractivity contribution in [1.82, 2.24) is 0 Å². The molecule has 0 bridgehead atoms. The minimum absolute atomic E-state index is 0. The summed E-state index contributed by atoms with van der Waals surface area (Å²) in [6, 6.07) is 10.1. The first-order chi connectivity index (χ1) is 3.39. The van der Waals surface area contributed by atoms with E-state index in [1.54, 1.807) is 0 Å². The first kappa shape index (κ1) is 12.3. The molecule has 0 aromatic heterocycles. The summed E-state index contributed by atoms with van der Waals surface area (Å²) in [6.07, 6.45) is 0. The van der Waals surface area contributed by atoms with E-state index >= 15 is 0 Å². The smallest absolute Gasteiger partial charge is 1.00 e. The summed E-state index contributed by atoms with van der Waals surface area (Å²) in [5, 5.41) is 1.24. The third-order valence-corrected chi connectivity index (χ3v) is 1.18. The van der Waals surface area contributed by atoms with Crippen LogP contribution in [0.1, 0.15) is 0 Å². The summed E-state index contributed by atoms with van der Waals surface area (Å²) in [7, 11) is 2.63. The van der Waals surface area contributed by atoms with Crippen LogP contribution in [0.2, 0.25) is 0 Å². The van der Waals surface area contributed by atoms with Crippen LogP contribution >= 0.6 is 9.24 Å². The minimum Gasteiger partial charge on any atom is -1.00 e. The van der Waals surface area contributed by atoms with Gasteiger partial charge in [-0.15, -0.1) is 9.24 Å². The average Bonchev–Trinajstić information content (AvgIpc) is 1.69. The monoisotopic (exact) mass is 251 g/mol. The molecule has 3 heteroatoms. The third kappa shape index (κ3) is 5.07. The fourth-order valence-electron chi connectivity index (χ4n) is 0.453. The van der Waals surface area contributed by atoms with E-state index in [9.17, 15) is 0 Å². The van der Waals surface area contributed by atoms with Crippen LogP contribution < -0.4 is 17.7 Å². The van der Waals surface area contributed by atoms with Gasteiger partial charge in [-0.1, -0.05) is 30.3 Å². The number of halogens is 1. The topological polar surface area (TPSA) is 0 Å². The van der Waals surface area contributed by atoms with Gasteiger partial charge in [0.05, 0.1) is 0 Å². The van der Waals surface area contributed by atoms with Crippen LogP contribution in [0.3, 0.4) is 0 Å². The second-order valence-corrected chi connectivity index (χ2v) is 2.08. The molecule has 1 rings (SSSR count). The van der Waals surface area contributed by atoms with E-state index in [1.165, 1.54) is 5.30 Å². The van der Waals surface area contributed by atoms with Crippen LogP contribution in [0.15, 0.2) is 30.3 Å². The molecule has 0 heterocycles. The maximum absolute atomic E-state index is 2.63. The van der Waals surface area contributed by atoms with Crippen LogP contribution in [-0.4, -0.2) is 0 Å². The second kappa shape index (κ2) is 6.72. The first-order valence-electron chi connectivity index (χ1n) is 2.20. The van der Waals surface area contributed by atoms with Crippen LogP contribution in [0.25, 0.3) is 0 Å².